The first-order valence-corrected chi connectivity index (χ1v) is 10.3. The van der Waals surface area contributed by atoms with Crippen LogP contribution in [0, 0.1) is 6.92 Å². The van der Waals surface area contributed by atoms with E-state index in [4.69, 9.17) is 4.74 Å². The fourth-order valence-corrected chi connectivity index (χ4v) is 3.95. The first-order valence-electron chi connectivity index (χ1n) is 10.3. The largest absolute Gasteiger partial charge is 0.494 e. The Balaban J connectivity index is 1.74. The summed E-state index contributed by atoms with van der Waals surface area (Å²) in [5, 5.41) is 2.94. The van der Waals surface area contributed by atoms with Crippen molar-refractivity contribution in [2.24, 2.45) is 0 Å². The minimum absolute atomic E-state index is 0.0701. The average molecular weight is 395 g/mol. The monoisotopic (exact) mass is 394 g/mol. The lowest BCUT2D eigenvalue weighted by molar-refractivity contribution is -0.133. The highest BCUT2D eigenvalue weighted by Crippen LogP contribution is 2.34. The summed E-state index contributed by atoms with van der Waals surface area (Å²) in [6, 6.07) is 15.8. The van der Waals surface area contributed by atoms with Gasteiger partial charge in [-0.1, -0.05) is 42.0 Å². The molecule has 3 rings (SSSR count). The minimum atomic E-state index is -0.317. The second-order valence-electron chi connectivity index (χ2n) is 7.62. The third kappa shape index (κ3) is 5.37. The fourth-order valence-electron chi connectivity index (χ4n) is 3.95. The number of nitrogens with zero attached hydrogens (tertiary/aromatic N) is 1. The maximum absolute atomic E-state index is 13.2. The molecule has 5 nitrogen and oxygen atoms in total. The highest BCUT2D eigenvalue weighted by Gasteiger charge is 2.31. The molecule has 0 bridgehead atoms. The molecule has 0 aliphatic carbocycles. The molecule has 0 radical (unpaired) electrons. The number of rotatable bonds is 7. The Bertz CT molecular complexity index is 830. The SMILES string of the molecule is CCOc1ccc(C2CCCN2C(=O)CC(NC(C)=O)c2ccc(C)cc2)cc1. The molecule has 0 spiro atoms. The van der Waals surface area contributed by atoms with Crippen molar-refractivity contribution in [1.29, 1.82) is 0 Å². The van der Waals surface area contributed by atoms with Gasteiger partial charge in [0.25, 0.3) is 0 Å². The van der Waals surface area contributed by atoms with E-state index >= 15 is 0 Å². The lowest BCUT2D eigenvalue weighted by atomic mass is 10.00. The van der Waals surface area contributed by atoms with Crippen LogP contribution >= 0.6 is 0 Å². The van der Waals surface area contributed by atoms with Crippen LogP contribution in [0.1, 0.15) is 61.9 Å². The van der Waals surface area contributed by atoms with E-state index in [-0.39, 0.29) is 30.3 Å². The zero-order chi connectivity index (χ0) is 20.8. The van der Waals surface area contributed by atoms with Gasteiger partial charge >= 0.3 is 0 Å². The molecule has 2 amide bonds. The quantitative estimate of drug-likeness (QED) is 0.761. The molecular formula is C24H30N2O3. The van der Waals surface area contributed by atoms with E-state index in [1.807, 2.05) is 67.3 Å². The van der Waals surface area contributed by atoms with E-state index in [2.05, 4.69) is 5.32 Å². The number of carbonyl (C=O) groups excluding carboxylic acids is 2. The number of ether oxygens (including phenoxy) is 1. The molecule has 1 fully saturated rings. The van der Waals surface area contributed by atoms with Crippen LogP contribution in [0.5, 0.6) is 5.75 Å². The van der Waals surface area contributed by atoms with Gasteiger partial charge in [0.2, 0.25) is 11.8 Å². The summed E-state index contributed by atoms with van der Waals surface area (Å²) in [5.74, 6) is 0.783. The Morgan fingerprint density at radius 3 is 2.45 bits per heavy atom. The van der Waals surface area contributed by atoms with E-state index in [0.29, 0.717) is 6.61 Å². The van der Waals surface area contributed by atoms with Crippen LogP contribution < -0.4 is 10.1 Å². The summed E-state index contributed by atoms with van der Waals surface area (Å²) in [7, 11) is 0. The predicted molar refractivity (Wildman–Crippen MR) is 114 cm³/mol. The first kappa shape index (κ1) is 20.9. The van der Waals surface area contributed by atoms with Crippen molar-refractivity contribution < 1.29 is 14.3 Å². The molecule has 1 N–H and O–H groups in total. The number of benzene rings is 2. The van der Waals surface area contributed by atoms with Gasteiger partial charge in [-0.3, -0.25) is 9.59 Å². The third-order valence-corrected chi connectivity index (χ3v) is 5.38. The van der Waals surface area contributed by atoms with Crippen LogP contribution in [0.2, 0.25) is 0 Å². The van der Waals surface area contributed by atoms with Gasteiger partial charge < -0.3 is 15.0 Å². The van der Waals surface area contributed by atoms with E-state index in [9.17, 15) is 9.59 Å². The Labute approximate surface area is 173 Å². The molecule has 29 heavy (non-hydrogen) atoms. The summed E-state index contributed by atoms with van der Waals surface area (Å²) < 4.78 is 5.52. The number of likely N-dealkylation sites (tertiary alicyclic amines) is 1. The second kappa shape index (κ2) is 9.59. The van der Waals surface area contributed by atoms with Crippen molar-refractivity contribution in [1.82, 2.24) is 10.2 Å². The Hall–Kier alpha value is -2.82. The van der Waals surface area contributed by atoms with E-state index < -0.39 is 0 Å². The second-order valence-corrected chi connectivity index (χ2v) is 7.62. The van der Waals surface area contributed by atoms with Gasteiger partial charge in [-0.05, 0) is 49.9 Å². The van der Waals surface area contributed by atoms with Gasteiger partial charge in [-0.2, -0.15) is 0 Å². The number of hydrogen-bond acceptors (Lipinski definition) is 3. The van der Waals surface area contributed by atoms with Gasteiger partial charge in [-0.25, -0.2) is 0 Å². The lowest BCUT2D eigenvalue weighted by Gasteiger charge is -2.28. The molecule has 2 atom stereocenters. The highest BCUT2D eigenvalue weighted by molar-refractivity contribution is 5.80. The van der Waals surface area contributed by atoms with E-state index in [1.54, 1.807) is 0 Å². The molecule has 2 unspecified atom stereocenters. The van der Waals surface area contributed by atoms with Gasteiger partial charge in [-0.15, -0.1) is 0 Å². The summed E-state index contributed by atoms with van der Waals surface area (Å²) in [6.45, 7) is 6.86. The van der Waals surface area contributed by atoms with Crippen LogP contribution in [-0.4, -0.2) is 29.9 Å². The van der Waals surface area contributed by atoms with Crippen LogP contribution in [0.15, 0.2) is 48.5 Å². The predicted octanol–water partition coefficient (Wildman–Crippen LogP) is 4.32. The lowest BCUT2D eigenvalue weighted by Crippen LogP contribution is -2.35. The number of nitrogens with one attached hydrogen (secondary N) is 1. The molecule has 1 heterocycles. The van der Waals surface area contributed by atoms with E-state index in [1.165, 1.54) is 6.92 Å². The van der Waals surface area contributed by atoms with Gasteiger partial charge in [0.15, 0.2) is 0 Å². The standard InChI is InChI=1S/C24H30N2O3/c1-4-29-21-13-11-20(12-14-21)23-6-5-15-26(23)24(28)16-22(25-18(3)27)19-9-7-17(2)8-10-19/h7-14,22-23H,4-6,15-16H2,1-3H3,(H,25,27). The average Bonchev–Trinajstić information content (AvgIpc) is 3.18. The minimum Gasteiger partial charge on any atom is -0.494 e. The topological polar surface area (TPSA) is 58.6 Å². The summed E-state index contributed by atoms with van der Waals surface area (Å²) in [6.07, 6.45) is 2.20. The zero-order valence-electron chi connectivity index (χ0n) is 17.5. The Morgan fingerprint density at radius 1 is 1.14 bits per heavy atom. The van der Waals surface area contributed by atoms with Gasteiger partial charge in [0, 0.05) is 13.5 Å². The molecular weight excluding hydrogens is 364 g/mol. The smallest absolute Gasteiger partial charge is 0.225 e. The maximum Gasteiger partial charge on any atom is 0.225 e. The maximum atomic E-state index is 13.2. The molecule has 154 valence electrons. The molecule has 0 aromatic heterocycles. The molecule has 0 saturated carbocycles. The normalized spacial score (nSPS) is 17.1. The van der Waals surface area contributed by atoms with Crippen molar-refractivity contribution >= 4 is 11.8 Å². The Kier molecular flexibility index (Phi) is 6.91. The number of carbonyl (C=O) groups is 2. The van der Waals surface area contributed by atoms with Crippen LogP contribution in [0.4, 0.5) is 0 Å². The van der Waals surface area contributed by atoms with Crippen LogP contribution in [-0.2, 0) is 9.59 Å². The van der Waals surface area contributed by atoms with Gasteiger partial charge in [0.1, 0.15) is 5.75 Å². The third-order valence-electron chi connectivity index (χ3n) is 5.38. The molecule has 5 heteroatoms. The van der Waals surface area contributed by atoms with Crippen molar-refractivity contribution in [3.63, 3.8) is 0 Å². The molecule has 1 aliphatic rings. The molecule has 1 aliphatic heterocycles. The first-order chi connectivity index (χ1) is 14.0. The van der Waals surface area contributed by atoms with Crippen molar-refractivity contribution in [2.75, 3.05) is 13.2 Å². The van der Waals surface area contributed by atoms with Crippen molar-refractivity contribution in [3.05, 3.63) is 65.2 Å². The van der Waals surface area contributed by atoms with Crippen LogP contribution in [0.25, 0.3) is 0 Å². The van der Waals surface area contributed by atoms with Gasteiger partial charge in [0.05, 0.1) is 25.1 Å². The number of amides is 2. The van der Waals surface area contributed by atoms with Crippen LogP contribution in [0.3, 0.4) is 0 Å². The zero-order valence-corrected chi connectivity index (χ0v) is 17.5. The summed E-state index contributed by atoms with van der Waals surface area (Å²) in [5.41, 5.74) is 3.23. The number of hydrogen-bond donors (Lipinski definition) is 1. The summed E-state index contributed by atoms with van der Waals surface area (Å²) in [4.78, 5) is 26.9. The molecule has 2 aromatic rings. The fraction of sp³-hybridized carbons (Fsp3) is 0.417. The molecule has 2 aromatic carbocycles. The van der Waals surface area contributed by atoms with Crippen molar-refractivity contribution in [2.45, 2.75) is 52.1 Å². The molecule has 1 saturated heterocycles. The summed E-state index contributed by atoms with van der Waals surface area (Å²) >= 11 is 0. The highest BCUT2D eigenvalue weighted by atomic mass is 16.5. The number of aryl methyl sites for hydroxylation is 1. The Morgan fingerprint density at radius 2 is 1.83 bits per heavy atom. The van der Waals surface area contributed by atoms with E-state index in [0.717, 1.165) is 41.8 Å². The van der Waals surface area contributed by atoms with Crippen molar-refractivity contribution in [3.8, 4) is 5.75 Å².